The molecule has 0 amide bonds. The molecule has 3 aromatic rings. The zero-order chi connectivity index (χ0) is 20.9. The fourth-order valence-electron chi connectivity index (χ4n) is 4.66. The molecule has 4 heterocycles. The maximum absolute atomic E-state index is 15.2. The lowest BCUT2D eigenvalue weighted by Crippen LogP contribution is -2.68. The van der Waals surface area contributed by atoms with E-state index in [1.165, 1.54) is 0 Å². The number of fused-ring (bicyclic) bond motifs is 3. The van der Waals surface area contributed by atoms with E-state index in [1.807, 2.05) is 20.0 Å². The number of phenolic OH excluding ortho intramolecular Hbond substituents is 1. The first-order chi connectivity index (χ1) is 14.5. The molecular weight excluding hydrogens is 385 g/mol. The van der Waals surface area contributed by atoms with Gasteiger partial charge in [-0.05, 0) is 45.0 Å². The van der Waals surface area contributed by atoms with Gasteiger partial charge in [-0.15, -0.1) is 10.2 Å². The van der Waals surface area contributed by atoms with E-state index in [1.54, 1.807) is 47.6 Å². The van der Waals surface area contributed by atoms with Gasteiger partial charge in [0.05, 0.1) is 23.2 Å². The van der Waals surface area contributed by atoms with Crippen LogP contribution in [-0.4, -0.2) is 61.2 Å². The quantitative estimate of drug-likeness (QED) is 0.713. The smallest absolute Gasteiger partial charge is 0.233 e. The first-order valence-electron chi connectivity index (χ1n) is 10.1. The molecule has 1 saturated carbocycles. The van der Waals surface area contributed by atoms with Crippen LogP contribution in [0.5, 0.6) is 11.6 Å². The Balaban J connectivity index is 1.34. The number of halogens is 1. The molecule has 6 rings (SSSR count). The van der Waals surface area contributed by atoms with Gasteiger partial charge < -0.3 is 14.4 Å². The van der Waals surface area contributed by atoms with Crippen molar-refractivity contribution in [2.24, 2.45) is 5.92 Å². The number of alkyl halides is 1. The van der Waals surface area contributed by atoms with Crippen LogP contribution in [0.1, 0.15) is 19.8 Å². The molecule has 1 N–H and O–H groups in total. The molecule has 3 aliphatic rings. The zero-order valence-corrected chi connectivity index (χ0v) is 16.9. The number of benzene rings is 1. The topological polar surface area (TPSA) is 76.3 Å². The molecule has 4 atom stereocenters. The van der Waals surface area contributed by atoms with Crippen molar-refractivity contribution in [2.45, 2.75) is 37.6 Å². The van der Waals surface area contributed by atoms with E-state index in [4.69, 9.17) is 4.74 Å². The predicted octanol–water partition coefficient (Wildman–Crippen LogP) is 3.23. The van der Waals surface area contributed by atoms with Crippen LogP contribution in [0.4, 0.5) is 4.39 Å². The highest BCUT2D eigenvalue weighted by Gasteiger charge is 2.55. The number of aromatic nitrogens is 4. The predicted molar refractivity (Wildman–Crippen MR) is 109 cm³/mol. The van der Waals surface area contributed by atoms with E-state index < -0.39 is 17.8 Å². The highest BCUT2D eigenvalue weighted by Crippen LogP contribution is 2.45. The Labute approximate surface area is 174 Å². The summed E-state index contributed by atoms with van der Waals surface area (Å²) in [6.45, 7) is 2.79. The van der Waals surface area contributed by atoms with Gasteiger partial charge in [0.25, 0.3) is 0 Å². The van der Waals surface area contributed by atoms with Crippen LogP contribution in [0.15, 0.2) is 49.1 Å². The van der Waals surface area contributed by atoms with Crippen molar-refractivity contribution in [3.63, 3.8) is 0 Å². The van der Waals surface area contributed by atoms with Crippen molar-refractivity contribution in [3.8, 4) is 28.6 Å². The number of imidazole rings is 1. The van der Waals surface area contributed by atoms with Gasteiger partial charge in [-0.2, -0.15) is 0 Å². The molecule has 1 aromatic carbocycles. The van der Waals surface area contributed by atoms with Gasteiger partial charge in [-0.1, -0.05) is 0 Å². The summed E-state index contributed by atoms with van der Waals surface area (Å²) in [7, 11) is 1.98. The molecule has 8 heteroatoms. The number of piperidine rings is 2. The molecule has 0 radical (unpaired) electrons. The van der Waals surface area contributed by atoms with E-state index in [9.17, 15) is 5.11 Å². The molecule has 156 valence electrons. The van der Waals surface area contributed by atoms with Gasteiger partial charge >= 0.3 is 0 Å². The lowest BCUT2D eigenvalue weighted by atomic mass is 9.68. The van der Waals surface area contributed by atoms with E-state index >= 15 is 4.39 Å². The summed E-state index contributed by atoms with van der Waals surface area (Å²) in [5.74, 6) is 0.543. The Morgan fingerprint density at radius 2 is 2.10 bits per heavy atom. The lowest BCUT2D eigenvalue weighted by molar-refractivity contribution is -0.136. The molecule has 2 saturated heterocycles. The van der Waals surface area contributed by atoms with Crippen molar-refractivity contribution < 1.29 is 14.2 Å². The molecule has 3 fully saturated rings. The Hall–Kier alpha value is -3.00. The van der Waals surface area contributed by atoms with Gasteiger partial charge in [-0.25, -0.2) is 9.37 Å². The Bertz CT molecular complexity index is 1040. The van der Waals surface area contributed by atoms with Crippen LogP contribution in [0.25, 0.3) is 16.9 Å². The van der Waals surface area contributed by atoms with Crippen LogP contribution >= 0.6 is 0 Å². The highest BCUT2D eigenvalue weighted by atomic mass is 19.1. The summed E-state index contributed by atoms with van der Waals surface area (Å²) in [4.78, 5) is 6.12. The molecule has 0 unspecified atom stereocenters. The van der Waals surface area contributed by atoms with Crippen molar-refractivity contribution in [3.05, 3.63) is 49.1 Å². The van der Waals surface area contributed by atoms with E-state index in [0.717, 1.165) is 25.1 Å². The monoisotopic (exact) mass is 409 g/mol. The number of rotatable bonds is 4. The molecule has 2 bridgehead atoms. The molecule has 1 aliphatic carbocycles. The SMILES string of the molecule is CN1C[C@H]2CC[C@]1(C)[C@@H](F)[C@H]2Oc1ccc(-c2ccc(-n3ccnc3)cc2O)nn1. The second kappa shape index (κ2) is 7.05. The van der Waals surface area contributed by atoms with Gasteiger partial charge in [-0.3, -0.25) is 4.90 Å². The summed E-state index contributed by atoms with van der Waals surface area (Å²) in [6, 6.07) is 8.71. The molecule has 2 aromatic heterocycles. The number of hydrogen-bond acceptors (Lipinski definition) is 6. The third-order valence-electron chi connectivity index (χ3n) is 6.71. The third-order valence-corrected chi connectivity index (χ3v) is 6.71. The second-order valence-electron chi connectivity index (χ2n) is 8.45. The molecule has 30 heavy (non-hydrogen) atoms. The van der Waals surface area contributed by atoms with Crippen molar-refractivity contribution in [2.75, 3.05) is 13.6 Å². The minimum atomic E-state index is -1.07. The van der Waals surface area contributed by atoms with Gasteiger partial charge in [0.15, 0.2) is 6.17 Å². The lowest BCUT2D eigenvalue weighted by Gasteiger charge is -2.56. The first kappa shape index (κ1) is 19.0. The summed E-state index contributed by atoms with van der Waals surface area (Å²) < 4.78 is 22.9. The number of aromatic hydroxyl groups is 1. The largest absolute Gasteiger partial charge is 0.507 e. The number of ether oxygens (including phenoxy) is 1. The average Bonchev–Trinajstić information content (AvgIpc) is 3.28. The average molecular weight is 409 g/mol. The van der Waals surface area contributed by atoms with Gasteiger partial charge in [0, 0.05) is 42.6 Å². The van der Waals surface area contributed by atoms with Crippen LogP contribution in [0.2, 0.25) is 0 Å². The summed E-state index contributed by atoms with van der Waals surface area (Å²) in [6.07, 6.45) is 5.35. The van der Waals surface area contributed by atoms with Gasteiger partial charge in [0.1, 0.15) is 11.9 Å². The number of phenols is 1. The second-order valence-corrected chi connectivity index (χ2v) is 8.45. The molecule has 2 aliphatic heterocycles. The van der Waals surface area contributed by atoms with Crippen molar-refractivity contribution in [1.29, 1.82) is 0 Å². The van der Waals surface area contributed by atoms with E-state index in [2.05, 4.69) is 20.1 Å². The Kier molecular flexibility index (Phi) is 4.47. The van der Waals surface area contributed by atoms with Gasteiger partial charge in [0.2, 0.25) is 5.88 Å². The van der Waals surface area contributed by atoms with Crippen molar-refractivity contribution >= 4 is 0 Å². The summed E-state index contributed by atoms with van der Waals surface area (Å²) in [5, 5.41) is 18.8. The van der Waals surface area contributed by atoms with E-state index in [0.29, 0.717) is 17.1 Å². The first-order valence-corrected chi connectivity index (χ1v) is 10.1. The van der Waals surface area contributed by atoms with Crippen LogP contribution < -0.4 is 4.74 Å². The van der Waals surface area contributed by atoms with Crippen LogP contribution in [0.3, 0.4) is 0 Å². The Morgan fingerprint density at radius 3 is 2.77 bits per heavy atom. The minimum Gasteiger partial charge on any atom is -0.507 e. The molecular formula is C22H24FN5O2. The standard InChI is InChI=1S/C22H24FN5O2/c1-22-8-7-14(12-27(22)2)20(21(22)23)30-19-6-5-17(25-26-19)16-4-3-15(11-18(16)29)28-10-9-24-13-28/h3-6,9-11,13-14,20-21,29H,7-8,12H2,1-2H3/t14-,20+,21+,22-/m1/s1. The molecule has 0 spiro atoms. The van der Waals surface area contributed by atoms with Crippen LogP contribution in [-0.2, 0) is 0 Å². The third kappa shape index (κ3) is 3.02. The molecule has 7 nitrogen and oxygen atoms in total. The maximum atomic E-state index is 15.2. The minimum absolute atomic E-state index is 0.0912. The highest BCUT2D eigenvalue weighted by molar-refractivity contribution is 5.68. The maximum Gasteiger partial charge on any atom is 0.233 e. The fraction of sp³-hybridized carbons (Fsp3) is 0.409. The van der Waals surface area contributed by atoms with Crippen LogP contribution in [0, 0.1) is 5.92 Å². The van der Waals surface area contributed by atoms with Crippen molar-refractivity contribution in [1.82, 2.24) is 24.6 Å². The summed E-state index contributed by atoms with van der Waals surface area (Å²) in [5.41, 5.74) is 1.38. The number of hydrogen-bond donors (Lipinski definition) is 1. The fourth-order valence-corrected chi connectivity index (χ4v) is 4.66. The summed E-state index contributed by atoms with van der Waals surface area (Å²) >= 11 is 0. The Morgan fingerprint density at radius 1 is 1.23 bits per heavy atom. The van der Waals surface area contributed by atoms with E-state index in [-0.39, 0.29) is 11.7 Å². The normalized spacial score (nSPS) is 28.6. The zero-order valence-electron chi connectivity index (χ0n) is 16.9. The number of nitrogens with zero attached hydrogens (tertiary/aromatic N) is 5.